The Labute approximate surface area is 144 Å². The smallest absolute Gasteiger partial charge is 0.359 e. The number of sulfonamides is 1. The summed E-state index contributed by atoms with van der Waals surface area (Å²) >= 11 is 5.81. The molecule has 0 amide bonds. The third-order valence-corrected chi connectivity index (χ3v) is 5.93. The predicted molar refractivity (Wildman–Crippen MR) is 87.3 cm³/mol. The highest BCUT2D eigenvalue weighted by molar-refractivity contribution is 7.89. The molecule has 128 valence electrons. The minimum atomic E-state index is -3.67. The van der Waals surface area contributed by atoms with Gasteiger partial charge in [-0.15, -0.1) is 0 Å². The lowest BCUT2D eigenvalue weighted by Crippen LogP contribution is -2.36. The summed E-state index contributed by atoms with van der Waals surface area (Å²) in [6, 6.07) is 6.00. The van der Waals surface area contributed by atoms with Gasteiger partial charge in [-0.2, -0.15) is 9.40 Å². The highest BCUT2D eigenvalue weighted by Gasteiger charge is 2.32. The van der Waals surface area contributed by atoms with E-state index in [9.17, 15) is 13.2 Å². The molecule has 0 bridgehead atoms. The summed E-state index contributed by atoms with van der Waals surface area (Å²) in [4.78, 5) is 12.1. The second-order valence-electron chi connectivity index (χ2n) is 5.29. The number of H-pyrrole nitrogens is 1. The number of aromatic nitrogens is 2. The third kappa shape index (κ3) is 3.04. The molecule has 24 heavy (non-hydrogen) atoms. The van der Waals surface area contributed by atoms with E-state index in [4.69, 9.17) is 16.3 Å². The number of hydrogen-bond donors (Lipinski definition) is 1. The number of carbonyl (C=O) groups excluding carboxylic acids is 1. The molecule has 0 aliphatic carbocycles. The third-order valence-electron chi connectivity index (χ3n) is 3.82. The molecule has 2 aromatic rings. The van der Waals surface area contributed by atoms with Crippen molar-refractivity contribution < 1.29 is 17.9 Å². The first-order chi connectivity index (χ1) is 11.4. The summed E-state index contributed by atoms with van der Waals surface area (Å²) < 4.78 is 31.8. The Kier molecular flexibility index (Phi) is 4.62. The standard InChI is InChI=1S/C15H16ClN3O4S/c1-2-23-15(20)14-12-9-19(8-7-13(12)17-18-14)24(21,22)11-5-3-10(16)4-6-11/h3-6H,2,7-9H2,1H3,(H,17,18). The van der Waals surface area contributed by atoms with Crippen molar-refractivity contribution >= 4 is 27.6 Å². The Morgan fingerprint density at radius 3 is 2.75 bits per heavy atom. The number of nitrogens with zero attached hydrogens (tertiary/aromatic N) is 2. The van der Waals surface area contributed by atoms with E-state index in [1.54, 1.807) is 6.92 Å². The van der Waals surface area contributed by atoms with Crippen LogP contribution in [0.1, 0.15) is 28.7 Å². The minimum absolute atomic E-state index is 0.0743. The number of carbonyl (C=O) groups is 1. The molecule has 0 spiro atoms. The van der Waals surface area contributed by atoms with Gasteiger partial charge in [-0.1, -0.05) is 11.6 Å². The fourth-order valence-corrected chi connectivity index (χ4v) is 4.13. The summed E-state index contributed by atoms with van der Waals surface area (Å²) in [6.45, 7) is 2.31. The highest BCUT2D eigenvalue weighted by atomic mass is 35.5. The number of rotatable bonds is 4. The number of halogens is 1. The Morgan fingerprint density at radius 1 is 1.38 bits per heavy atom. The van der Waals surface area contributed by atoms with Crippen LogP contribution >= 0.6 is 11.6 Å². The van der Waals surface area contributed by atoms with Gasteiger partial charge < -0.3 is 4.74 Å². The molecule has 7 nitrogen and oxygen atoms in total. The fourth-order valence-electron chi connectivity index (χ4n) is 2.60. The maximum absolute atomic E-state index is 12.8. The zero-order chi connectivity index (χ0) is 17.3. The van der Waals surface area contributed by atoms with Gasteiger partial charge in [0.05, 0.1) is 11.5 Å². The molecule has 1 aromatic heterocycles. The van der Waals surface area contributed by atoms with E-state index in [-0.39, 0.29) is 23.7 Å². The second-order valence-corrected chi connectivity index (χ2v) is 7.67. The van der Waals surface area contributed by atoms with Crippen LogP contribution in [0, 0.1) is 0 Å². The minimum Gasteiger partial charge on any atom is -0.461 e. The number of esters is 1. The van der Waals surface area contributed by atoms with E-state index in [2.05, 4.69) is 10.2 Å². The fraction of sp³-hybridized carbons (Fsp3) is 0.333. The zero-order valence-corrected chi connectivity index (χ0v) is 14.5. The van der Waals surface area contributed by atoms with Gasteiger partial charge in [0.25, 0.3) is 0 Å². The molecule has 0 fully saturated rings. The zero-order valence-electron chi connectivity index (χ0n) is 13.0. The molecular weight excluding hydrogens is 354 g/mol. The summed E-state index contributed by atoms with van der Waals surface area (Å²) in [5, 5.41) is 7.24. The van der Waals surface area contributed by atoms with Crippen LogP contribution in [-0.2, 0) is 27.7 Å². The number of nitrogens with one attached hydrogen (secondary N) is 1. The van der Waals surface area contributed by atoms with Gasteiger partial charge in [0.2, 0.25) is 10.0 Å². The van der Waals surface area contributed by atoms with Crippen molar-refractivity contribution in [1.82, 2.24) is 14.5 Å². The molecule has 0 radical (unpaired) electrons. The van der Waals surface area contributed by atoms with E-state index in [0.717, 1.165) is 5.69 Å². The number of hydrogen-bond acceptors (Lipinski definition) is 5. The van der Waals surface area contributed by atoms with Crippen LogP contribution < -0.4 is 0 Å². The number of benzene rings is 1. The largest absolute Gasteiger partial charge is 0.461 e. The molecule has 0 unspecified atom stereocenters. The molecule has 1 aromatic carbocycles. The van der Waals surface area contributed by atoms with Gasteiger partial charge in [-0.25, -0.2) is 13.2 Å². The van der Waals surface area contributed by atoms with Gasteiger partial charge in [0.1, 0.15) is 0 Å². The van der Waals surface area contributed by atoms with Crippen molar-refractivity contribution in [3.63, 3.8) is 0 Å². The van der Waals surface area contributed by atoms with Gasteiger partial charge in [-0.3, -0.25) is 5.10 Å². The summed E-state index contributed by atoms with van der Waals surface area (Å²) in [5.41, 5.74) is 1.47. The maximum atomic E-state index is 12.8. The number of aromatic amines is 1. The summed E-state index contributed by atoms with van der Waals surface area (Å²) in [7, 11) is -3.67. The Morgan fingerprint density at radius 2 is 2.08 bits per heavy atom. The van der Waals surface area contributed by atoms with Crippen molar-refractivity contribution in [2.75, 3.05) is 13.2 Å². The van der Waals surface area contributed by atoms with Crippen LogP contribution in [-0.4, -0.2) is 42.0 Å². The first kappa shape index (κ1) is 16.9. The van der Waals surface area contributed by atoms with E-state index >= 15 is 0 Å². The number of ether oxygens (including phenoxy) is 1. The van der Waals surface area contributed by atoms with E-state index in [0.29, 0.717) is 23.6 Å². The predicted octanol–water partition coefficient (Wildman–Crippen LogP) is 1.99. The van der Waals surface area contributed by atoms with Crippen LogP contribution in [0.5, 0.6) is 0 Å². The SMILES string of the molecule is CCOC(=O)c1n[nH]c2c1CN(S(=O)(=O)c1ccc(Cl)cc1)CC2. The van der Waals surface area contributed by atoms with Crippen molar-refractivity contribution in [3.8, 4) is 0 Å². The lowest BCUT2D eigenvalue weighted by molar-refractivity contribution is 0.0517. The average Bonchev–Trinajstić information content (AvgIpc) is 2.98. The molecule has 2 heterocycles. The van der Waals surface area contributed by atoms with Crippen molar-refractivity contribution in [1.29, 1.82) is 0 Å². The molecule has 0 saturated carbocycles. The summed E-state index contributed by atoms with van der Waals surface area (Å²) in [5.74, 6) is -0.555. The monoisotopic (exact) mass is 369 g/mol. The first-order valence-electron chi connectivity index (χ1n) is 7.42. The molecule has 3 rings (SSSR count). The van der Waals surface area contributed by atoms with Crippen LogP contribution in [0.2, 0.25) is 5.02 Å². The van der Waals surface area contributed by atoms with Crippen molar-refractivity contribution in [2.45, 2.75) is 24.8 Å². The topological polar surface area (TPSA) is 92.4 Å². The lowest BCUT2D eigenvalue weighted by atomic mass is 10.1. The van der Waals surface area contributed by atoms with Gasteiger partial charge in [0, 0.05) is 35.8 Å². The normalized spacial score (nSPS) is 15.1. The summed E-state index contributed by atoms with van der Waals surface area (Å²) in [6.07, 6.45) is 0.453. The first-order valence-corrected chi connectivity index (χ1v) is 9.24. The lowest BCUT2D eigenvalue weighted by Gasteiger charge is -2.26. The Hall–Kier alpha value is -1.90. The van der Waals surface area contributed by atoms with Gasteiger partial charge in [0.15, 0.2) is 5.69 Å². The Balaban J connectivity index is 1.90. The van der Waals surface area contributed by atoms with Crippen molar-refractivity contribution in [2.24, 2.45) is 0 Å². The molecular formula is C15H16ClN3O4S. The Bertz CT molecular complexity index is 861. The van der Waals surface area contributed by atoms with Crippen LogP contribution in [0.15, 0.2) is 29.2 Å². The molecule has 1 aliphatic rings. The molecule has 9 heteroatoms. The van der Waals surface area contributed by atoms with Crippen LogP contribution in [0.4, 0.5) is 0 Å². The van der Waals surface area contributed by atoms with E-state index < -0.39 is 16.0 Å². The van der Waals surface area contributed by atoms with Crippen molar-refractivity contribution in [3.05, 3.63) is 46.2 Å². The molecule has 1 aliphatic heterocycles. The average molecular weight is 370 g/mol. The van der Waals surface area contributed by atoms with Gasteiger partial charge >= 0.3 is 5.97 Å². The second kappa shape index (κ2) is 6.54. The highest BCUT2D eigenvalue weighted by Crippen LogP contribution is 2.26. The number of fused-ring (bicyclic) bond motifs is 1. The van der Waals surface area contributed by atoms with Gasteiger partial charge in [-0.05, 0) is 31.2 Å². The molecule has 0 saturated heterocycles. The van der Waals surface area contributed by atoms with E-state index in [1.807, 2.05) is 0 Å². The quantitative estimate of drug-likeness (QED) is 0.832. The maximum Gasteiger partial charge on any atom is 0.359 e. The molecule has 0 atom stereocenters. The molecule has 1 N–H and O–H groups in total. The van der Waals surface area contributed by atoms with Crippen LogP contribution in [0.3, 0.4) is 0 Å². The van der Waals surface area contributed by atoms with E-state index in [1.165, 1.54) is 28.6 Å². The van der Waals surface area contributed by atoms with Crippen LogP contribution in [0.25, 0.3) is 0 Å².